The van der Waals surface area contributed by atoms with Crippen molar-refractivity contribution in [1.82, 2.24) is 0 Å². The number of allylic oxidation sites excluding steroid dienone is 1. The molecular formula is C11H10BrFN2. The maximum absolute atomic E-state index is 13.5. The van der Waals surface area contributed by atoms with Crippen LogP contribution < -0.4 is 5.73 Å². The molecule has 0 aliphatic heterocycles. The van der Waals surface area contributed by atoms with Crippen LogP contribution in [0.2, 0.25) is 0 Å². The summed E-state index contributed by atoms with van der Waals surface area (Å²) in [4.78, 5) is 0. The Morgan fingerprint density at radius 3 is 2.73 bits per heavy atom. The third kappa shape index (κ3) is 2.37. The molecule has 1 aromatic carbocycles. The topological polar surface area (TPSA) is 49.8 Å². The summed E-state index contributed by atoms with van der Waals surface area (Å²) in [6.45, 7) is 1.81. The van der Waals surface area contributed by atoms with Crippen LogP contribution in [0.25, 0.3) is 5.70 Å². The zero-order valence-electron chi connectivity index (χ0n) is 8.22. The maximum atomic E-state index is 13.5. The first kappa shape index (κ1) is 11.7. The number of halogens is 2. The molecule has 0 heterocycles. The van der Waals surface area contributed by atoms with E-state index < -0.39 is 5.82 Å². The van der Waals surface area contributed by atoms with Crippen molar-refractivity contribution in [3.63, 3.8) is 0 Å². The van der Waals surface area contributed by atoms with E-state index in [1.807, 2.05) is 6.07 Å². The molecule has 2 nitrogen and oxygen atoms in total. The summed E-state index contributed by atoms with van der Waals surface area (Å²) in [5, 5.41) is 8.81. The van der Waals surface area contributed by atoms with Gasteiger partial charge >= 0.3 is 0 Å². The van der Waals surface area contributed by atoms with Gasteiger partial charge in [-0.05, 0) is 34.5 Å². The number of hydrogen-bond donors (Lipinski definition) is 1. The molecule has 0 aromatic heterocycles. The van der Waals surface area contributed by atoms with Crippen molar-refractivity contribution in [2.24, 2.45) is 5.73 Å². The summed E-state index contributed by atoms with van der Waals surface area (Å²) >= 11 is 3.21. The highest BCUT2D eigenvalue weighted by Gasteiger charge is 2.12. The summed E-state index contributed by atoms with van der Waals surface area (Å²) < 4.78 is 14.0. The van der Waals surface area contributed by atoms with E-state index in [9.17, 15) is 4.39 Å². The normalized spacial score (nSPS) is 11.9. The van der Waals surface area contributed by atoms with Gasteiger partial charge in [-0.25, -0.2) is 4.39 Å². The van der Waals surface area contributed by atoms with Gasteiger partial charge in [0.2, 0.25) is 0 Å². The average Bonchev–Trinajstić information content (AvgIpc) is 2.19. The second-order valence-electron chi connectivity index (χ2n) is 2.95. The fourth-order valence-corrected chi connectivity index (χ4v) is 1.79. The van der Waals surface area contributed by atoms with E-state index in [2.05, 4.69) is 15.9 Å². The van der Waals surface area contributed by atoms with Gasteiger partial charge in [0.25, 0.3) is 0 Å². The predicted molar refractivity (Wildman–Crippen MR) is 61.1 cm³/mol. The Bertz CT molecular complexity index is 426. The standard InChI is InChI=1S/C11H10BrFN2/c1-2-7(6-14)11(15)10-8(12)4-3-5-9(10)13/h3-5H,2,15H2,1H3/b11-7-. The van der Waals surface area contributed by atoms with Crippen LogP contribution in [0.3, 0.4) is 0 Å². The molecule has 0 atom stereocenters. The van der Waals surface area contributed by atoms with Crippen molar-refractivity contribution in [1.29, 1.82) is 5.26 Å². The molecule has 1 aromatic rings. The lowest BCUT2D eigenvalue weighted by atomic mass is 10.1. The molecule has 0 amide bonds. The fraction of sp³-hybridized carbons (Fsp3) is 0.182. The summed E-state index contributed by atoms with van der Waals surface area (Å²) in [6, 6.07) is 6.56. The monoisotopic (exact) mass is 268 g/mol. The number of benzene rings is 1. The molecule has 0 radical (unpaired) electrons. The Balaban J connectivity index is 3.41. The molecule has 1 rings (SSSR count). The van der Waals surface area contributed by atoms with E-state index in [4.69, 9.17) is 11.0 Å². The van der Waals surface area contributed by atoms with Gasteiger partial charge in [0, 0.05) is 10.0 Å². The van der Waals surface area contributed by atoms with E-state index in [1.54, 1.807) is 19.1 Å². The molecular weight excluding hydrogens is 259 g/mol. The van der Waals surface area contributed by atoms with Crippen LogP contribution in [0, 0.1) is 17.1 Å². The molecule has 78 valence electrons. The van der Waals surface area contributed by atoms with Crippen molar-refractivity contribution < 1.29 is 4.39 Å². The molecule has 0 unspecified atom stereocenters. The summed E-state index contributed by atoms with van der Waals surface area (Å²) in [5.74, 6) is -0.428. The molecule has 0 bridgehead atoms. The molecule has 15 heavy (non-hydrogen) atoms. The first-order chi connectivity index (χ1) is 7.11. The van der Waals surface area contributed by atoms with Crippen molar-refractivity contribution in [2.75, 3.05) is 0 Å². The lowest BCUT2D eigenvalue weighted by molar-refractivity contribution is 0.622. The number of rotatable bonds is 2. The third-order valence-corrected chi connectivity index (χ3v) is 2.71. The summed E-state index contributed by atoms with van der Waals surface area (Å²) in [5.41, 5.74) is 6.60. The Hall–Kier alpha value is -1.34. The van der Waals surface area contributed by atoms with Gasteiger partial charge < -0.3 is 5.73 Å². The highest BCUT2D eigenvalue weighted by Crippen LogP contribution is 2.26. The van der Waals surface area contributed by atoms with Gasteiger partial charge in [0.1, 0.15) is 5.82 Å². The zero-order chi connectivity index (χ0) is 11.4. The number of nitriles is 1. The number of nitrogens with two attached hydrogens (primary N) is 1. The SMILES string of the molecule is CC/C(C#N)=C(/N)c1c(F)cccc1Br. The summed E-state index contributed by atoms with van der Waals surface area (Å²) in [6.07, 6.45) is 0.489. The first-order valence-electron chi connectivity index (χ1n) is 4.44. The largest absolute Gasteiger partial charge is 0.397 e. The highest BCUT2D eigenvalue weighted by atomic mass is 79.9. The highest BCUT2D eigenvalue weighted by molar-refractivity contribution is 9.10. The average molecular weight is 269 g/mol. The van der Waals surface area contributed by atoms with E-state index >= 15 is 0 Å². The Morgan fingerprint density at radius 2 is 2.27 bits per heavy atom. The Morgan fingerprint density at radius 1 is 1.60 bits per heavy atom. The minimum absolute atomic E-state index is 0.199. The predicted octanol–water partition coefficient (Wildman–Crippen LogP) is 3.19. The second-order valence-corrected chi connectivity index (χ2v) is 3.81. The third-order valence-electron chi connectivity index (χ3n) is 2.05. The smallest absolute Gasteiger partial charge is 0.133 e. The van der Waals surface area contributed by atoms with Crippen molar-refractivity contribution in [3.05, 3.63) is 39.6 Å². The van der Waals surface area contributed by atoms with Crippen molar-refractivity contribution in [2.45, 2.75) is 13.3 Å². The Kier molecular flexibility index (Phi) is 3.87. The number of nitrogens with zero attached hydrogens (tertiary/aromatic N) is 1. The molecule has 4 heteroatoms. The van der Waals surface area contributed by atoms with Crippen molar-refractivity contribution >= 4 is 21.6 Å². The van der Waals surface area contributed by atoms with E-state index in [-0.39, 0.29) is 11.3 Å². The lowest BCUT2D eigenvalue weighted by Crippen LogP contribution is -2.04. The second kappa shape index (κ2) is 4.94. The molecule has 0 aliphatic rings. The van der Waals surface area contributed by atoms with Crippen LogP contribution in [-0.2, 0) is 0 Å². The van der Waals surface area contributed by atoms with Gasteiger partial charge in [0.05, 0.1) is 17.3 Å². The molecule has 2 N–H and O–H groups in total. The molecule has 0 saturated carbocycles. The fourth-order valence-electron chi connectivity index (χ4n) is 1.24. The van der Waals surface area contributed by atoms with E-state index in [1.165, 1.54) is 6.07 Å². The minimum atomic E-state index is -0.428. The molecule has 0 spiro atoms. The minimum Gasteiger partial charge on any atom is -0.397 e. The van der Waals surface area contributed by atoms with E-state index in [0.29, 0.717) is 16.5 Å². The molecule has 0 fully saturated rings. The van der Waals surface area contributed by atoms with Crippen LogP contribution in [0.5, 0.6) is 0 Å². The van der Waals surface area contributed by atoms with Crippen LogP contribution in [0.1, 0.15) is 18.9 Å². The molecule has 0 saturated heterocycles. The van der Waals surface area contributed by atoms with Gasteiger partial charge in [-0.2, -0.15) is 5.26 Å². The van der Waals surface area contributed by atoms with Crippen LogP contribution in [0.4, 0.5) is 4.39 Å². The van der Waals surface area contributed by atoms with E-state index in [0.717, 1.165) is 0 Å². The molecule has 0 aliphatic carbocycles. The van der Waals surface area contributed by atoms with Crippen LogP contribution >= 0.6 is 15.9 Å². The van der Waals surface area contributed by atoms with Gasteiger partial charge in [-0.15, -0.1) is 0 Å². The quantitative estimate of drug-likeness (QED) is 0.838. The zero-order valence-corrected chi connectivity index (χ0v) is 9.81. The summed E-state index contributed by atoms with van der Waals surface area (Å²) in [7, 11) is 0. The number of hydrogen-bond acceptors (Lipinski definition) is 2. The Labute approximate surface area is 96.3 Å². The maximum Gasteiger partial charge on any atom is 0.133 e. The lowest BCUT2D eigenvalue weighted by Gasteiger charge is -2.07. The van der Waals surface area contributed by atoms with Gasteiger partial charge in [-0.1, -0.05) is 13.0 Å². The first-order valence-corrected chi connectivity index (χ1v) is 5.24. The van der Waals surface area contributed by atoms with Gasteiger partial charge in [0.15, 0.2) is 0 Å². The van der Waals surface area contributed by atoms with Crippen LogP contribution in [-0.4, -0.2) is 0 Å². The van der Waals surface area contributed by atoms with Crippen molar-refractivity contribution in [3.8, 4) is 6.07 Å². The van der Waals surface area contributed by atoms with Crippen LogP contribution in [0.15, 0.2) is 28.2 Å². The van der Waals surface area contributed by atoms with Gasteiger partial charge in [-0.3, -0.25) is 0 Å².